The molecule has 1 N–H and O–H groups in total. The van der Waals surface area contributed by atoms with Crippen molar-refractivity contribution in [3.8, 4) is 11.1 Å². The highest BCUT2D eigenvalue weighted by Gasteiger charge is 2.27. The van der Waals surface area contributed by atoms with Gasteiger partial charge in [-0.05, 0) is 19.1 Å². The Morgan fingerprint density at radius 3 is 2.15 bits per heavy atom. The first-order valence-corrected chi connectivity index (χ1v) is 8.78. The summed E-state index contributed by atoms with van der Waals surface area (Å²) >= 11 is 5.66. The summed E-state index contributed by atoms with van der Waals surface area (Å²) < 4.78 is 94.6. The van der Waals surface area contributed by atoms with E-state index in [-0.39, 0.29) is 11.6 Å². The molecule has 0 bridgehead atoms. The summed E-state index contributed by atoms with van der Waals surface area (Å²) in [4.78, 5) is 10.6. The predicted molar refractivity (Wildman–Crippen MR) is 86.8 cm³/mol. The van der Waals surface area contributed by atoms with Gasteiger partial charge >= 0.3 is 0 Å². The quantitative estimate of drug-likeness (QED) is 0.347. The van der Waals surface area contributed by atoms with E-state index in [2.05, 4.69) is 6.58 Å². The van der Waals surface area contributed by atoms with Crippen LogP contribution in [-0.2, 0) is 14.8 Å². The zero-order valence-electron chi connectivity index (χ0n) is 13.3. The summed E-state index contributed by atoms with van der Waals surface area (Å²) in [6.07, 6.45) is 0. The molecular formula is C16H9ClF5NO3S. The highest BCUT2D eigenvalue weighted by atomic mass is 35.5. The van der Waals surface area contributed by atoms with Crippen LogP contribution < -0.4 is 4.72 Å². The number of amides is 1. The van der Waals surface area contributed by atoms with Crippen LogP contribution in [0.3, 0.4) is 0 Å². The molecule has 27 heavy (non-hydrogen) atoms. The number of carbonyl (C=O) groups excluding carboxylic acids is 1. The Kier molecular flexibility index (Phi) is 5.62. The maximum absolute atomic E-state index is 14.2. The van der Waals surface area contributed by atoms with Gasteiger partial charge in [0, 0.05) is 17.2 Å². The SMILES string of the molecule is C=C(C)C(=O)NS(=O)(=O)c1cc(-c2c(F)cc(F)c(F)c2F)c(F)cc1Cl. The zero-order valence-corrected chi connectivity index (χ0v) is 14.9. The van der Waals surface area contributed by atoms with Crippen LogP contribution in [0.5, 0.6) is 0 Å². The van der Waals surface area contributed by atoms with Gasteiger partial charge in [0.1, 0.15) is 16.5 Å². The summed E-state index contributed by atoms with van der Waals surface area (Å²) in [6, 6.07) is 0.764. The van der Waals surface area contributed by atoms with Gasteiger partial charge in [-0.15, -0.1) is 0 Å². The Bertz CT molecular complexity index is 1090. The first kappa shape index (κ1) is 20.8. The van der Waals surface area contributed by atoms with Crippen LogP contribution in [0.2, 0.25) is 5.02 Å². The Labute approximate surface area is 155 Å². The molecule has 0 aliphatic rings. The topological polar surface area (TPSA) is 63.2 Å². The Morgan fingerprint density at radius 1 is 1.00 bits per heavy atom. The standard InChI is InChI=1S/C16H9ClF5NO3S/c1-6(2)16(24)23-27(25,26)12-3-7(9(18)4-8(12)17)13-10(19)5-11(20)14(21)15(13)22/h3-5H,1H2,2H3,(H,23,24). The summed E-state index contributed by atoms with van der Waals surface area (Å²) in [5.74, 6) is -10.2. The molecule has 0 radical (unpaired) electrons. The van der Waals surface area contributed by atoms with E-state index in [9.17, 15) is 35.2 Å². The minimum absolute atomic E-state index is 0.0290. The third kappa shape index (κ3) is 3.96. The number of sulfonamides is 1. The van der Waals surface area contributed by atoms with Crippen LogP contribution in [0.25, 0.3) is 11.1 Å². The molecule has 11 heteroatoms. The number of benzene rings is 2. The van der Waals surface area contributed by atoms with Crippen LogP contribution >= 0.6 is 11.6 Å². The monoisotopic (exact) mass is 425 g/mol. The van der Waals surface area contributed by atoms with Crippen molar-refractivity contribution in [1.29, 1.82) is 0 Å². The van der Waals surface area contributed by atoms with E-state index < -0.39 is 66.1 Å². The van der Waals surface area contributed by atoms with Gasteiger partial charge in [-0.1, -0.05) is 18.2 Å². The third-order valence-electron chi connectivity index (χ3n) is 3.31. The van der Waals surface area contributed by atoms with E-state index in [1.54, 1.807) is 4.72 Å². The second kappa shape index (κ2) is 7.28. The fourth-order valence-electron chi connectivity index (χ4n) is 2.00. The fraction of sp³-hybridized carbons (Fsp3) is 0.0625. The predicted octanol–water partition coefficient (Wildman–Crippen LogP) is 4.08. The van der Waals surface area contributed by atoms with Crippen molar-refractivity contribution in [2.24, 2.45) is 0 Å². The van der Waals surface area contributed by atoms with Crippen molar-refractivity contribution in [2.75, 3.05) is 0 Å². The Balaban J connectivity index is 2.74. The van der Waals surface area contributed by atoms with Crippen molar-refractivity contribution in [2.45, 2.75) is 11.8 Å². The van der Waals surface area contributed by atoms with E-state index >= 15 is 0 Å². The molecule has 2 aromatic rings. The van der Waals surface area contributed by atoms with Gasteiger partial charge in [-0.2, -0.15) is 0 Å². The van der Waals surface area contributed by atoms with E-state index in [0.29, 0.717) is 12.1 Å². The van der Waals surface area contributed by atoms with Crippen LogP contribution in [0, 0.1) is 29.1 Å². The van der Waals surface area contributed by atoms with E-state index in [4.69, 9.17) is 11.6 Å². The molecule has 0 aliphatic heterocycles. The molecule has 0 unspecified atom stereocenters. The van der Waals surface area contributed by atoms with E-state index in [1.807, 2.05) is 0 Å². The van der Waals surface area contributed by atoms with Gasteiger partial charge in [0.05, 0.1) is 10.6 Å². The molecule has 144 valence electrons. The number of hydrogen-bond donors (Lipinski definition) is 1. The van der Waals surface area contributed by atoms with Gasteiger partial charge < -0.3 is 0 Å². The molecule has 2 rings (SSSR count). The van der Waals surface area contributed by atoms with Crippen molar-refractivity contribution in [3.05, 3.63) is 64.5 Å². The summed E-state index contributed by atoms with van der Waals surface area (Å²) in [5.41, 5.74) is -2.57. The van der Waals surface area contributed by atoms with Crippen LogP contribution in [0.15, 0.2) is 35.2 Å². The average molecular weight is 426 g/mol. The lowest BCUT2D eigenvalue weighted by molar-refractivity contribution is -0.115. The molecule has 4 nitrogen and oxygen atoms in total. The summed E-state index contributed by atoms with van der Waals surface area (Å²) in [6.45, 7) is 4.43. The van der Waals surface area contributed by atoms with Crippen molar-refractivity contribution < 1.29 is 35.2 Å². The lowest BCUT2D eigenvalue weighted by Crippen LogP contribution is -2.31. The van der Waals surface area contributed by atoms with Gasteiger partial charge in [-0.25, -0.2) is 35.1 Å². The second-order valence-corrected chi connectivity index (χ2v) is 7.38. The molecule has 0 aromatic heterocycles. The van der Waals surface area contributed by atoms with Crippen molar-refractivity contribution in [1.82, 2.24) is 4.72 Å². The molecule has 0 atom stereocenters. The van der Waals surface area contributed by atoms with E-state index in [1.165, 1.54) is 6.92 Å². The Hall–Kier alpha value is -2.46. The van der Waals surface area contributed by atoms with Gasteiger partial charge in [0.2, 0.25) is 0 Å². The number of hydrogen-bond acceptors (Lipinski definition) is 3. The Morgan fingerprint density at radius 2 is 1.59 bits per heavy atom. The van der Waals surface area contributed by atoms with E-state index in [0.717, 1.165) is 0 Å². The van der Waals surface area contributed by atoms with Gasteiger partial charge in [0.25, 0.3) is 15.9 Å². The molecule has 0 spiro atoms. The molecule has 0 saturated carbocycles. The summed E-state index contributed by atoms with van der Waals surface area (Å²) in [7, 11) is -4.70. The molecule has 0 fully saturated rings. The molecule has 2 aromatic carbocycles. The first-order valence-electron chi connectivity index (χ1n) is 6.92. The van der Waals surface area contributed by atoms with Crippen LogP contribution in [-0.4, -0.2) is 14.3 Å². The van der Waals surface area contributed by atoms with Crippen LogP contribution in [0.1, 0.15) is 6.92 Å². The molecule has 0 heterocycles. The third-order valence-corrected chi connectivity index (χ3v) is 5.10. The molecule has 0 saturated heterocycles. The number of rotatable bonds is 4. The fourth-order valence-corrected chi connectivity index (χ4v) is 3.58. The number of halogens is 6. The highest BCUT2D eigenvalue weighted by Crippen LogP contribution is 2.35. The minimum Gasteiger partial charge on any atom is -0.269 e. The largest absolute Gasteiger partial charge is 0.269 e. The average Bonchev–Trinajstić information content (AvgIpc) is 2.53. The number of carbonyl (C=O) groups is 1. The smallest absolute Gasteiger partial charge is 0.265 e. The van der Waals surface area contributed by atoms with Crippen molar-refractivity contribution in [3.63, 3.8) is 0 Å². The maximum Gasteiger partial charge on any atom is 0.265 e. The molecule has 0 aliphatic carbocycles. The zero-order chi connectivity index (χ0) is 20.7. The highest BCUT2D eigenvalue weighted by molar-refractivity contribution is 7.90. The molecular weight excluding hydrogens is 417 g/mol. The number of nitrogens with one attached hydrogen (secondary N) is 1. The van der Waals surface area contributed by atoms with Gasteiger partial charge in [0.15, 0.2) is 17.5 Å². The normalized spacial score (nSPS) is 11.4. The minimum atomic E-state index is -4.70. The summed E-state index contributed by atoms with van der Waals surface area (Å²) in [5, 5.41) is -0.721. The van der Waals surface area contributed by atoms with Gasteiger partial charge in [-0.3, -0.25) is 4.79 Å². The van der Waals surface area contributed by atoms with Crippen LogP contribution in [0.4, 0.5) is 22.0 Å². The van der Waals surface area contributed by atoms with Crippen molar-refractivity contribution >= 4 is 27.5 Å². The second-order valence-electron chi connectivity index (χ2n) is 5.32. The maximum atomic E-state index is 14.2. The lowest BCUT2D eigenvalue weighted by atomic mass is 10.0. The lowest BCUT2D eigenvalue weighted by Gasteiger charge is -2.13. The molecule has 1 amide bonds. The first-order chi connectivity index (χ1) is 12.4.